The van der Waals surface area contributed by atoms with Crippen LogP contribution < -0.4 is 0 Å². The second-order valence-corrected chi connectivity index (χ2v) is 8.86. The van der Waals surface area contributed by atoms with E-state index in [1.165, 1.54) is 0 Å². The molecule has 4 aliphatic rings. The molecule has 0 amide bonds. The minimum atomic E-state index is -1.08. The van der Waals surface area contributed by atoms with E-state index in [2.05, 4.69) is 0 Å². The van der Waals surface area contributed by atoms with Crippen LogP contribution in [0.3, 0.4) is 0 Å². The summed E-state index contributed by atoms with van der Waals surface area (Å²) in [5.41, 5.74) is -1.08. The maximum Gasteiger partial charge on any atom is 0.312 e. The third-order valence-corrected chi connectivity index (χ3v) is 7.88. The van der Waals surface area contributed by atoms with E-state index in [0.29, 0.717) is 6.42 Å². The summed E-state index contributed by atoms with van der Waals surface area (Å²) < 4.78 is 5.52. The lowest BCUT2D eigenvalue weighted by Crippen LogP contribution is -2.68. The largest absolute Gasteiger partial charge is 0.459 e. The normalized spacial score (nSPS) is 57.5. The quantitative estimate of drug-likeness (QED) is 0.548. The summed E-state index contributed by atoms with van der Waals surface area (Å²) in [6, 6.07) is 0. The Labute approximate surface area is 146 Å². The van der Waals surface area contributed by atoms with Crippen molar-refractivity contribution < 1.29 is 29.6 Å². The average molecular weight is 350 g/mol. The van der Waals surface area contributed by atoms with Crippen LogP contribution in [0.1, 0.15) is 34.1 Å². The number of ketones is 1. The third-order valence-electron chi connectivity index (χ3n) is 7.88. The molecule has 25 heavy (non-hydrogen) atoms. The molecule has 10 atom stereocenters. The number of aliphatic hydroxyl groups is 3. The molecule has 1 saturated heterocycles. The van der Waals surface area contributed by atoms with Crippen molar-refractivity contribution in [3.05, 3.63) is 11.6 Å². The molecule has 0 unspecified atom stereocenters. The van der Waals surface area contributed by atoms with E-state index in [-0.39, 0.29) is 11.7 Å². The molecule has 4 rings (SSSR count). The van der Waals surface area contributed by atoms with E-state index in [9.17, 15) is 24.9 Å². The van der Waals surface area contributed by atoms with Crippen molar-refractivity contribution in [1.29, 1.82) is 0 Å². The van der Waals surface area contributed by atoms with Crippen molar-refractivity contribution in [2.24, 2.45) is 34.5 Å². The molecule has 3 N–H and O–H groups in total. The fraction of sp³-hybridized carbons (Fsp3) is 0.789. The number of hydrogen-bond donors (Lipinski definition) is 3. The highest BCUT2D eigenvalue weighted by Crippen LogP contribution is 2.66. The van der Waals surface area contributed by atoms with Gasteiger partial charge in [0.25, 0.3) is 0 Å². The van der Waals surface area contributed by atoms with Crippen molar-refractivity contribution in [2.45, 2.75) is 58.5 Å². The van der Waals surface area contributed by atoms with Crippen molar-refractivity contribution in [3.8, 4) is 0 Å². The van der Waals surface area contributed by atoms with Crippen molar-refractivity contribution in [1.82, 2.24) is 0 Å². The summed E-state index contributed by atoms with van der Waals surface area (Å²) in [6.07, 6.45) is -1.84. The molecule has 1 heterocycles. The Balaban J connectivity index is 1.97. The second kappa shape index (κ2) is 4.93. The molecule has 6 nitrogen and oxygen atoms in total. The van der Waals surface area contributed by atoms with E-state index >= 15 is 0 Å². The summed E-state index contributed by atoms with van der Waals surface area (Å²) in [5, 5.41) is 32.0. The van der Waals surface area contributed by atoms with Gasteiger partial charge in [-0.3, -0.25) is 9.59 Å². The lowest BCUT2D eigenvalue weighted by molar-refractivity contribution is -0.194. The number of ether oxygens (including phenoxy) is 1. The number of esters is 1. The van der Waals surface area contributed by atoms with Gasteiger partial charge >= 0.3 is 5.97 Å². The number of carbonyl (C=O) groups excluding carboxylic acids is 2. The Hall–Kier alpha value is -1.24. The van der Waals surface area contributed by atoms with Crippen LogP contribution in [0.5, 0.6) is 0 Å². The van der Waals surface area contributed by atoms with Gasteiger partial charge in [0.2, 0.25) is 0 Å². The predicted molar refractivity (Wildman–Crippen MR) is 87.1 cm³/mol. The van der Waals surface area contributed by atoms with E-state index in [1.807, 2.05) is 20.8 Å². The van der Waals surface area contributed by atoms with Crippen LogP contribution in [0.2, 0.25) is 0 Å². The summed E-state index contributed by atoms with van der Waals surface area (Å²) in [6.45, 7) is 7.39. The van der Waals surface area contributed by atoms with Crippen LogP contribution in [0.15, 0.2) is 11.6 Å². The van der Waals surface area contributed by atoms with Gasteiger partial charge in [-0.2, -0.15) is 0 Å². The molecule has 3 fully saturated rings. The Morgan fingerprint density at radius 2 is 1.76 bits per heavy atom. The molecule has 2 bridgehead atoms. The fourth-order valence-electron chi connectivity index (χ4n) is 6.41. The number of aliphatic hydroxyl groups excluding tert-OH is 3. The monoisotopic (exact) mass is 350 g/mol. The van der Waals surface area contributed by atoms with Gasteiger partial charge in [0, 0.05) is 16.7 Å². The van der Waals surface area contributed by atoms with Crippen LogP contribution in [0.25, 0.3) is 0 Å². The molecule has 0 radical (unpaired) electrons. The van der Waals surface area contributed by atoms with E-state index in [0.717, 1.165) is 5.57 Å². The van der Waals surface area contributed by atoms with Crippen molar-refractivity contribution >= 4 is 11.8 Å². The summed E-state index contributed by atoms with van der Waals surface area (Å²) in [7, 11) is 0. The third kappa shape index (κ3) is 1.76. The van der Waals surface area contributed by atoms with Gasteiger partial charge in [-0.05, 0) is 24.3 Å². The first kappa shape index (κ1) is 17.2. The zero-order valence-electron chi connectivity index (χ0n) is 15.0. The SMILES string of the molecule is C[C@@H]1C[C@H](O)[C@@H](O)[C@@]2(C)C1=CC(=O)[C@]1(C)[C@H]2[C@@H]2OC(=O)[C@@H]([C@H]2O)[C@@H]1C. The van der Waals surface area contributed by atoms with Gasteiger partial charge in [0.05, 0.1) is 18.1 Å². The van der Waals surface area contributed by atoms with Gasteiger partial charge < -0.3 is 20.1 Å². The first-order valence-electron chi connectivity index (χ1n) is 9.07. The van der Waals surface area contributed by atoms with Crippen LogP contribution >= 0.6 is 0 Å². The standard InChI is InChI=1S/C19H26O6/c1-7-5-10(20)16(23)19(4)9(7)6-11(21)18(3)8(2)12-13(22)14(15(18)19)25-17(12)24/h6-8,10,12-16,20,22-23H,5H2,1-4H3/t7-,8+,10+,12-,13-,14-,15-,16-,18-,19+/m1/s1. The summed E-state index contributed by atoms with van der Waals surface area (Å²) in [4.78, 5) is 25.5. The Kier molecular flexibility index (Phi) is 3.39. The molecule has 0 spiro atoms. The molecular formula is C19H26O6. The van der Waals surface area contributed by atoms with Crippen LogP contribution in [0.4, 0.5) is 0 Å². The number of fused-ring (bicyclic) bond motifs is 6. The molecular weight excluding hydrogens is 324 g/mol. The zero-order valence-corrected chi connectivity index (χ0v) is 15.0. The Morgan fingerprint density at radius 3 is 2.40 bits per heavy atom. The molecule has 2 saturated carbocycles. The zero-order chi connectivity index (χ0) is 18.5. The van der Waals surface area contributed by atoms with Gasteiger partial charge in [-0.25, -0.2) is 0 Å². The van der Waals surface area contributed by atoms with Gasteiger partial charge in [0.1, 0.15) is 12.2 Å². The fourth-order valence-corrected chi connectivity index (χ4v) is 6.41. The maximum absolute atomic E-state index is 13.2. The first-order valence-corrected chi connectivity index (χ1v) is 9.07. The van der Waals surface area contributed by atoms with Crippen LogP contribution in [0, 0.1) is 34.5 Å². The van der Waals surface area contributed by atoms with Crippen LogP contribution in [-0.2, 0) is 14.3 Å². The van der Waals surface area contributed by atoms with E-state index in [1.54, 1.807) is 13.0 Å². The molecule has 0 aromatic carbocycles. The van der Waals surface area contributed by atoms with E-state index in [4.69, 9.17) is 4.74 Å². The average Bonchev–Trinajstić information content (AvgIpc) is 2.76. The highest BCUT2D eigenvalue weighted by Gasteiger charge is 2.73. The highest BCUT2D eigenvalue weighted by atomic mass is 16.6. The first-order chi connectivity index (χ1) is 11.6. The predicted octanol–water partition coefficient (Wildman–Crippen LogP) is 0.438. The van der Waals surface area contributed by atoms with E-state index < -0.39 is 59.0 Å². The minimum Gasteiger partial charge on any atom is -0.459 e. The number of carbonyl (C=O) groups is 2. The topological polar surface area (TPSA) is 104 Å². The highest BCUT2D eigenvalue weighted by molar-refractivity contribution is 5.98. The molecule has 3 aliphatic carbocycles. The Bertz CT molecular complexity index is 685. The van der Waals surface area contributed by atoms with Crippen molar-refractivity contribution in [2.75, 3.05) is 0 Å². The molecule has 0 aromatic rings. The van der Waals surface area contributed by atoms with Crippen molar-refractivity contribution in [3.63, 3.8) is 0 Å². The summed E-state index contributed by atoms with van der Waals surface area (Å²) >= 11 is 0. The molecule has 138 valence electrons. The summed E-state index contributed by atoms with van der Waals surface area (Å²) in [5.74, 6) is -2.34. The second-order valence-electron chi connectivity index (χ2n) is 8.86. The lowest BCUT2D eigenvalue weighted by atomic mass is 9.42. The van der Waals surface area contributed by atoms with Gasteiger partial charge in [0.15, 0.2) is 5.78 Å². The smallest absolute Gasteiger partial charge is 0.312 e. The Morgan fingerprint density at radius 1 is 1.12 bits per heavy atom. The minimum absolute atomic E-state index is 0.0702. The lowest BCUT2D eigenvalue weighted by Gasteiger charge is -2.61. The molecule has 0 aromatic heterocycles. The number of rotatable bonds is 0. The number of hydrogen-bond acceptors (Lipinski definition) is 6. The van der Waals surface area contributed by atoms with Gasteiger partial charge in [-0.15, -0.1) is 0 Å². The molecule has 6 heteroatoms. The maximum atomic E-state index is 13.2. The molecule has 1 aliphatic heterocycles. The van der Waals surface area contributed by atoms with Gasteiger partial charge in [-0.1, -0.05) is 33.3 Å². The van der Waals surface area contributed by atoms with Crippen LogP contribution in [-0.4, -0.2) is 51.5 Å². The number of allylic oxidation sites excluding steroid dienone is 1.